The van der Waals surface area contributed by atoms with Crippen LogP contribution in [0.3, 0.4) is 0 Å². The molecule has 2 aromatic heterocycles. The molecule has 0 saturated heterocycles. The highest BCUT2D eigenvalue weighted by molar-refractivity contribution is 7.23. The molecule has 13 aromatic rings. The fraction of sp³-hybridized carbons (Fsp3) is 0.209. The Kier molecular flexibility index (Phi) is 13.9. The molecule has 0 N–H and O–H groups in total. The Balaban J connectivity index is 1.03. The van der Waals surface area contributed by atoms with Crippen LogP contribution in [0, 0.1) is 13.8 Å². The molecule has 11 aromatic carbocycles. The summed E-state index contributed by atoms with van der Waals surface area (Å²) in [4.78, 5) is 9.07. The number of nitrogens with zero attached hydrogens (tertiary/aromatic N) is 4. The number of aryl methyl sites for hydroxylation is 2. The third-order valence-corrected chi connectivity index (χ3v) is 20.8. The SMILES string of the molecule is Cc1cc(N2c3cc(N(c4ccc(C(C)(C)C)cc4)c4ccc5c6ccccc6n(-c6ccccc6)c5c4)ccc3B3c4cc(C(C)(C)C)ccc4N(c4ccc(C(C)(C)C)cc4)c4cc(C(C)(C)C)cc2c43)cc(C)c1-c1sc2ccccc2c1-c1ccccc1. The van der Waals surface area contributed by atoms with Gasteiger partial charge in [-0.25, -0.2) is 0 Å². The zero-order valence-electron chi connectivity index (χ0n) is 55.8. The average molecular weight is 1210 g/mol. The molecular formula is C86H81BN4S. The molecule has 0 aliphatic carbocycles. The molecule has 0 spiro atoms. The number of thiophene rings is 1. The van der Waals surface area contributed by atoms with E-state index in [4.69, 9.17) is 0 Å². The van der Waals surface area contributed by atoms with Gasteiger partial charge in [-0.05, 0) is 200 Å². The van der Waals surface area contributed by atoms with Gasteiger partial charge in [0.2, 0.25) is 0 Å². The normalized spacial score (nSPS) is 13.3. The minimum absolute atomic E-state index is 0.00564. The minimum atomic E-state index is -0.200. The summed E-state index contributed by atoms with van der Waals surface area (Å²) in [6.07, 6.45) is 0. The number of hydrogen-bond acceptors (Lipinski definition) is 4. The molecule has 0 bridgehead atoms. The first kappa shape index (κ1) is 59.0. The quantitative estimate of drug-likeness (QED) is 0.141. The van der Waals surface area contributed by atoms with Gasteiger partial charge in [0.15, 0.2) is 0 Å². The Morgan fingerprint density at radius 1 is 0.348 bits per heavy atom. The van der Waals surface area contributed by atoms with Gasteiger partial charge < -0.3 is 19.3 Å². The lowest BCUT2D eigenvalue weighted by Crippen LogP contribution is -2.61. The molecule has 0 unspecified atom stereocenters. The van der Waals surface area contributed by atoms with Gasteiger partial charge in [0.25, 0.3) is 6.71 Å². The fourth-order valence-electron chi connectivity index (χ4n) is 14.7. The number of fused-ring (bicyclic) bond motifs is 8. The lowest BCUT2D eigenvalue weighted by atomic mass is 9.33. The lowest BCUT2D eigenvalue weighted by molar-refractivity contribution is 0.589. The number of benzene rings is 11. The maximum absolute atomic E-state index is 2.66. The second-order valence-electron chi connectivity index (χ2n) is 30.0. The smallest absolute Gasteiger partial charge is 0.252 e. The highest BCUT2D eigenvalue weighted by atomic mass is 32.1. The largest absolute Gasteiger partial charge is 0.311 e. The zero-order chi connectivity index (χ0) is 63.9. The molecule has 15 rings (SSSR count). The van der Waals surface area contributed by atoms with Crippen molar-refractivity contribution in [3.05, 3.63) is 270 Å². The summed E-state index contributed by atoms with van der Waals surface area (Å²) in [6.45, 7) is 32.6. The Morgan fingerprint density at radius 2 is 0.870 bits per heavy atom. The van der Waals surface area contributed by atoms with Crippen molar-refractivity contribution in [1.82, 2.24) is 4.57 Å². The van der Waals surface area contributed by atoms with E-state index < -0.39 is 0 Å². The van der Waals surface area contributed by atoms with E-state index in [9.17, 15) is 0 Å². The van der Waals surface area contributed by atoms with Crippen molar-refractivity contribution < 1.29 is 0 Å². The Labute approximate surface area is 549 Å². The molecule has 0 amide bonds. The second-order valence-corrected chi connectivity index (χ2v) is 31.0. The van der Waals surface area contributed by atoms with Gasteiger partial charge in [-0.3, -0.25) is 0 Å². The summed E-state index contributed by atoms with van der Waals surface area (Å²) >= 11 is 1.91. The monoisotopic (exact) mass is 1210 g/mol. The zero-order valence-corrected chi connectivity index (χ0v) is 56.6. The van der Waals surface area contributed by atoms with Gasteiger partial charge in [-0.2, -0.15) is 0 Å². The predicted octanol–water partition coefficient (Wildman–Crippen LogP) is 22.7. The van der Waals surface area contributed by atoms with Crippen LogP contribution in [0.15, 0.2) is 237 Å². The molecule has 6 heteroatoms. The number of hydrogen-bond donors (Lipinski definition) is 0. The molecule has 454 valence electrons. The van der Waals surface area contributed by atoms with Crippen LogP contribution < -0.4 is 31.1 Å². The summed E-state index contributed by atoms with van der Waals surface area (Å²) in [7, 11) is 0. The van der Waals surface area contributed by atoms with Crippen molar-refractivity contribution in [3.8, 4) is 27.3 Å². The number of anilines is 9. The van der Waals surface area contributed by atoms with E-state index in [2.05, 4.69) is 353 Å². The van der Waals surface area contributed by atoms with Gasteiger partial charge >= 0.3 is 0 Å². The third-order valence-electron chi connectivity index (χ3n) is 19.6. The summed E-state index contributed by atoms with van der Waals surface area (Å²) < 4.78 is 3.74. The number of aromatic nitrogens is 1. The number of rotatable bonds is 8. The average Bonchev–Trinajstić information content (AvgIpc) is 0.906. The van der Waals surface area contributed by atoms with Gasteiger partial charge in [0, 0.05) is 88.2 Å². The van der Waals surface area contributed by atoms with Gasteiger partial charge in [0.05, 0.1) is 11.0 Å². The van der Waals surface area contributed by atoms with Crippen LogP contribution in [0.1, 0.15) is 116 Å². The third kappa shape index (κ3) is 9.87. The molecule has 4 heterocycles. The minimum Gasteiger partial charge on any atom is -0.311 e. The first-order chi connectivity index (χ1) is 44.0. The molecule has 4 nitrogen and oxygen atoms in total. The Hall–Kier alpha value is -9.36. The van der Waals surface area contributed by atoms with E-state index in [1.54, 1.807) is 0 Å². The van der Waals surface area contributed by atoms with E-state index in [-0.39, 0.29) is 28.4 Å². The molecule has 2 aliphatic heterocycles. The van der Waals surface area contributed by atoms with E-state index in [0.717, 1.165) is 39.6 Å². The van der Waals surface area contributed by atoms with Gasteiger partial charge in [0.1, 0.15) is 0 Å². The van der Waals surface area contributed by atoms with E-state index in [1.807, 2.05) is 11.3 Å². The highest BCUT2D eigenvalue weighted by Crippen LogP contribution is 2.52. The van der Waals surface area contributed by atoms with Crippen molar-refractivity contribution >= 4 is 118 Å². The van der Waals surface area contributed by atoms with E-state index in [1.165, 1.54) is 120 Å². The molecule has 0 saturated carbocycles. The Bertz CT molecular complexity index is 5020. The topological polar surface area (TPSA) is 14.7 Å². The highest BCUT2D eigenvalue weighted by Gasteiger charge is 2.45. The van der Waals surface area contributed by atoms with Crippen molar-refractivity contribution in [2.75, 3.05) is 14.7 Å². The van der Waals surface area contributed by atoms with Crippen molar-refractivity contribution in [2.24, 2.45) is 0 Å². The van der Waals surface area contributed by atoms with E-state index >= 15 is 0 Å². The van der Waals surface area contributed by atoms with Crippen LogP contribution >= 0.6 is 11.3 Å². The molecule has 92 heavy (non-hydrogen) atoms. The van der Waals surface area contributed by atoms with Gasteiger partial charge in [-0.1, -0.05) is 217 Å². The molecular weight excluding hydrogens is 1130 g/mol. The van der Waals surface area contributed by atoms with Crippen LogP contribution in [0.2, 0.25) is 0 Å². The maximum Gasteiger partial charge on any atom is 0.252 e. The van der Waals surface area contributed by atoms with Crippen LogP contribution in [0.5, 0.6) is 0 Å². The molecule has 0 radical (unpaired) electrons. The molecule has 0 fully saturated rings. The summed E-state index contributed by atoms with van der Waals surface area (Å²) in [5.41, 5.74) is 29.0. The summed E-state index contributed by atoms with van der Waals surface area (Å²) in [5.74, 6) is 0. The van der Waals surface area contributed by atoms with Crippen molar-refractivity contribution in [2.45, 2.75) is 119 Å². The van der Waals surface area contributed by atoms with Crippen LogP contribution in [0.25, 0.3) is 59.1 Å². The molecule has 2 aliphatic rings. The predicted molar refractivity (Wildman–Crippen MR) is 400 cm³/mol. The lowest BCUT2D eigenvalue weighted by Gasteiger charge is -2.46. The number of para-hydroxylation sites is 2. The van der Waals surface area contributed by atoms with Crippen molar-refractivity contribution in [3.63, 3.8) is 0 Å². The summed E-state index contributed by atoms with van der Waals surface area (Å²) in [5, 5.41) is 3.75. The standard InChI is InChI=1S/C86H81BN4S/c1-54-47-66(48-55(2)79(54)82-80(56-25-17-15-18-26-56)69-30-22-24-32-78(69)92-82)91-75-53-65(88(62-38-33-57(34-39-62)83(3,4)5)64-42-44-68-67-29-21-23-31-72(67)89(74(68)52-64)61-27-19-16-20-28-61)43-45-70(75)87-71-49-59(85(9,10)11)37-46-73(71)90(63-40-35-58(36-41-63)84(6,7)8)76-50-60(86(12,13)14)51-77(91)81(76)87/h15-53H,1-14H3. The van der Waals surface area contributed by atoms with Gasteiger partial charge in [-0.15, -0.1) is 11.3 Å². The molecule has 0 atom stereocenters. The second kappa shape index (κ2) is 21.6. The first-order valence-corrected chi connectivity index (χ1v) is 33.7. The van der Waals surface area contributed by atoms with Crippen molar-refractivity contribution in [1.29, 1.82) is 0 Å². The maximum atomic E-state index is 2.66. The van der Waals surface area contributed by atoms with Crippen LogP contribution in [-0.2, 0) is 21.7 Å². The summed E-state index contributed by atoms with van der Waals surface area (Å²) in [6, 6.07) is 90.4. The fourth-order valence-corrected chi connectivity index (χ4v) is 16.1. The van der Waals surface area contributed by atoms with Crippen LogP contribution in [-0.4, -0.2) is 11.3 Å². The Morgan fingerprint density at radius 3 is 1.51 bits per heavy atom. The first-order valence-electron chi connectivity index (χ1n) is 32.8. The van der Waals surface area contributed by atoms with Crippen LogP contribution in [0.4, 0.5) is 51.2 Å². The van der Waals surface area contributed by atoms with E-state index in [0.29, 0.717) is 0 Å².